The molecule has 30 heavy (non-hydrogen) atoms. The number of hydrogen-bond donors (Lipinski definition) is 1. The first-order chi connectivity index (χ1) is 14.3. The molecule has 2 aromatic rings. The van der Waals surface area contributed by atoms with E-state index in [4.69, 9.17) is 15.9 Å². The van der Waals surface area contributed by atoms with Crippen LogP contribution in [0.15, 0.2) is 46.4 Å². The molecule has 0 bridgehead atoms. The van der Waals surface area contributed by atoms with Crippen molar-refractivity contribution in [1.82, 2.24) is 5.32 Å². The number of aryl methyl sites for hydroxylation is 1. The molecule has 1 aliphatic rings. The Bertz CT molecular complexity index is 1120. The fourth-order valence-corrected chi connectivity index (χ4v) is 3.40. The topological polar surface area (TPSA) is 84.9 Å². The molecule has 1 fully saturated rings. The number of rotatable bonds is 5. The molecule has 152 valence electrons. The van der Waals surface area contributed by atoms with Crippen LogP contribution in [0.2, 0.25) is 0 Å². The van der Waals surface area contributed by atoms with Crippen molar-refractivity contribution in [3.63, 3.8) is 0 Å². The minimum atomic E-state index is -0.803. The number of hydrogen-bond acceptors (Lipinski definition) is 5. The molecule has 4 amide bonds. The Morgan fingerprint density at radius 2 is 1.93 bits per heavy atom. The summed E-state index contributed by atoms with van der Waals surface area (Å²) in [5, 5.41) is 2.21. The molecule has 8 heteroatoms. The number of imide groups is 2. The van der Waals surface area contributed by atoms with E-state index in [0.717, 1.165) is 9.37 Å². The Balaban J connectivity index is 1.99. The SMILES string of the molecule is C#CCOc1ccc(/C=C2/C(=O)NC(=O)N(c3ccc(Br)cc3C)C2=O)cc1OC. The molecule has 2 aromatic carbocycles. The zero-order chi connectivity index (χ0) is 21.8. The summed E-state index contributed by atoms with van der Waals surface area (Å²) in [6, 6.07) is 9.18. The minimum absolute atomic E-state index is 0.0707. The van der Waals surface area contributed by atoms with Crippen molar-refractivity contribution in [2.24, 2.45) is 0 Å². The van der Waals surface area contributed by atoms with Gasteiger partial charge in [-0.2, -0.15) is 0 Å². The number of amides is 4. The molecule has 0 aromatic heterocycles. The number of terminal acetylenes is 1. The maximum atomic E-state index is 13.0. The molecule has 3 rings (SSSR count). The third-order valence-corrected chi connectivity index (χ3v) is 4.80. The molecule has 0 saturated carbocycles. The number of anilines is 1. The molecule has 0 unspecified atom stereocenters. The summed E-state index contributed by atoms with van der Waals surface area (Å²) in [4.78, 5) is 38.7. The third-order valence-electron chi connectivity index (χ3n) is 4.31. The summed E-state index contributed by atoms with van der Waals surface area (Å²) in [5.74, 6) is 1.69. The highest BCUT2D eigenvalue weighted by Gasteiger charge is 2.37. The number of carbonyl (C=O) groups is 3. The first kappa shape index (κ1) is 21.1. The molecule has 0 aliphatic carbocycles. The van der Waals surface area contributed by atoms with Gasteiger partial charge in [-0.15, -0.1) is 6.42 Å². The Hall–Kier alpha value is -3.57. The van der Waals surface area contributed by atoms with Gasteiger partial charge in [-0.3, -0.25) is 14.9 Å². The van der Waals surface area contributed by atoms with E-state index in [1.54, 1.807) is 43.3 Å². The highest BCUT2D eigenvalue weighted by Crippen LogP contribution is 2.31. The summed E-state index contributed by atoms with van der Waals surface area (Å²) < 4.78 is 11.5. The fourth-order valence-electron chi connectivity index (χ4n) is 2.93. The van der Waals surface area contributed by atoms with Gasteiger partial charge in [0.25, 0.3) is 11.8 Å². The van der Waals surface area contributed by atoms with Crippen LogP contribution in [0.5, 0.6) is 11.5 Å². The van der Waals surface area contributed by atoms with Crippen molar-refractivity contribution >= 4 is 45.5 Å². The molecule has 0 spiro atoms. The Kier molecular flexibility index (Phi) is 6.23. The second kappa shape index (κ2) is 8.84. The van der Waals surface area contributed by atoms with Gasteiger partial charge in [-0.1, -0.05) is 27.9 Å². The maximum Gasteiger partial charge on any atom is 0.335 e. The molecule has 1 heterocycles. The lowest BCUT2D eigenvalue weighted by molar-refractivity contribution is -0.122. The van der Waals surface area contributed by atoms with Gasteiger partial charge in [-0.25, -0.2) is 9.69 Å². The van der Waals surface area contributed by atoms with Crippen LogP contribution in [0.25, 0.3) is 6.08 Å². The highest BCUT2D eigenvalue weighted by atomic mass is 79.9. The van der Waals surface area contributed by atoms with Crippen molar-refractivity contribution in [2.75, 3.05) is 18.6 Å². The predicted molar refractivity (Wildman–Crippen MR) is 115 cm³/mol. The average Bonchev–Trinajstić information content (AvgIpc) is 2.71. The number of urea groups is 1. The number of ether oxygens (including phenoxy) is 2. The molecule has 1 saturated heterocycles. The Labute approximate surface area is 181 Å². The van der Waals surface area contributed by atoms with E-state index >= 15 is 0 Å². The Morgan fingerprint density at radius 3 is 2.60 bits per heavy atom. The summed E-state index contributed by atoms with van der Waals surface area (Å²) >= 11 is 3.35. The maximum absolute atomic E-state index is 13.0. The van der Waals surface area contributed by atoms with E-state index in [9.17, 15) is 14.4 Å². The van der Waals surface area contributed by atoms with Crippen LogP contribution < -0.4 is 19.7 Å². The average molecular weight is 469 g/mol. The molecule has 0 radical (unpaired) electrons. The van der Waals surface area contributed by atoms with E-state index in [0.29, 0.717) is 28.3 Å². The van der Waals surface area contributed by atoms with Gasteiger partial charge in [0.05, 0.1) is 12.8 Å². The number of halogens is 1. The van der Waals surface area contributed by atoms with Crippen LogP contribution in [-0.2, 0) is 9.59 Å². The number of nitrogens with zero attached hydrogens (tertiary/aromatic N) is 1. The quantitative estimate of drug-likeness (QED) is 0.412. The van der Waals surface area contributed by atoms with Crippen molar-refractivity contribution in [3.8, 4) is 23.8 Å². The van der Waals surface area contributed by atoms with Crippen LogP contribution in [0.1, 0.15) is 11.1 Å². The van der Waals surface area contributed by atoms with Crippen LogP contribution >= 0.6 is 15.9 Å². The van der Waals surface area contributed by atoms with Gasteiger partial charge in [-0.05, 0) is 54.5 Å². The summed E-state index contributed by atoms with van der Waals surface area (Å²) in [6.45, 7) is 1.83. The highest BCUT2D eigenvalue weighted by molar-refractivity contribution is 9.10. The van der Waals surface area contributed by atoms with Gasteiger partial charge < -0.3 is 9.47 Å². The summed E-state index contributed by atoms with van der Waals surface area (Å²) in [7, 11) is 1.46. The smallest absolute Gasteiger partial charge is 0.335 e. The van der Waals surface area contributed by atoms with Crippen molar-refractivity contribution in [3.05, 3.63) is 57.6 Å². The van der Waals surface area contributed by atoms with Gasteiger partial charge in [0.2, 0.25) is 0 Å². The molecule has 1 N–H and O–H groups in total. The number of benzene rings is 2. The van der Waals surface area contributed by atoms with Crippen LogP contribution in [0, 0.1) is 19.3 Å². The van der Waals surface area contributed by atoms with Gasteiger partial charge >= 0.3 is 6.03 Å². The standard InChI is InChI=1S/C22H17BrN2O5/c1-4-9-30-18-8-5-14(12-19(18)29-3)11-16-20(26)24-22(28)25(21(16)27)17-7-6-15(23)10-13(17)2/h1,5-8,10-12H,9H2,2-3H3,(H,24,26,28)/b16-11-. The molecule has 1 aliphatic heterocycles. The number of nitrogens with one attached hydrogen (secondary N) is 1. The van der Waals surface area contributed by atoms with E-state index in [-0.39, 0.29) is 12.2 Å². The van der Waals surface area contributed by atoms with Gasteiger partial charge in [0.1, 0.15) is 12.2 Å². The number of barbiturate groups is 1. The lowest BCUT2D eigenvalue weighted by Crippen LogP contribution is -2.54. The summed E-state index contributed by atoms with van der Waals surface area (Å²) in [6.07, 6.45) is 6.59. The predicted octanol–water partition coefficient (Wildman–Crippen LogP) is 3.44. The van der Waals surface area contributed by atoms with Crippen molar-refractivity contribution < 1.29 is 23.9 Å². The lowest BCUT2D eigenvalue weighted by Gasteiger charge is -2.27. The van der Waals surface area contributed by atoms with Gasteiger partial charge in [0, 0.05) is 4.47 Å². The van der Waals surface area contributed by atoms with E-state index in [1.807, 2.05) is 0 Å². The second-order valence-electron chi connectivity index (χ2n) is 6.29. The number of methoxy groups -OCH3 is 1. The van der Waals surface area contributed by atoms with Crippen LogP contribution in [-0.4, -0.2) is 31.6 Å². The molecular formula is C22H17BrN2O5. The van der Waals surface area contributed by atoms with Crippen LogP contribution in [0.3, 0.4) is 0 Å². The second-order valence-corrected chi connectivity index (χ2v) is 7.21. The zero-order valence-corrected chi connectivity index (χ0v) is 17.8. The lowest BCUT2D eigenvalue weighted by atomic mass is 10.1. The number of carbonyl (C=O) groups excluding carboxylic acids is 3. The van der Waals surface area contributed by atoms with E-state index in [2.05, 4.69) is 27.2 Å². The Morgan fingerprint density at radius 1 is 1.17 bits per heavy atom. The van der Waals surface area contributed by atoms with E-state index < -0.39 is 17.8 Å². The molecule has 0 atom stereocenters. The van der Waals surface area contributed by atoms with Gasteiger partial charge in [0.15, 0.2) is 11.5 Å². The summed E-state index contributed by atoms with van der Waals surface area (Å²) in [5.41, 5.74) is 1.41. The first-order valence-corrected chi connectivity index (χ1v) is 9.57. The van der Waals surface area contributed by atoms with Crippen molar-refractivity contribution in [2.45, 2.75) is 6.92 Å². The minimum Gasteiger partial charge on any atom is -0.493 e. The van der Waals surface area contributed by atoms with E-state index in [1.165, 1.54) is 13.2 Å². The fraction of sp³-hybridized carbons (Fsp3) is 0.136. The third kappa shape index (κ3) is 4.21. The zero-order valence-electron chi connectivity index (χ0n) is 16.2. The first-order valence-electron chi connectivity index (χ1n) is 8.77. The molecular weight excluding hydrogens is 452 g/mol. The normalized spacial score (nSPS) is 15.1. The van der Waals surface area contributed by atoms with Crippen LogP contribution in [0.4, 0.5) is 10.5 Å². The van der Waals surface area contributed by atoms with Crippen molar-refractivity contribution in [1.29, 1.82) is 0 Å². The monoisotopic (exact) mass is 468 g/mol. The largest absolute Gasteiger partial charge is 0.493 e. The molecule has 7 nitrogen and oxygen atoms in total.